The van der Waals surface area contributed by atoms with Crippen molar-refractivity contribution >= 4 is 0 Å². The normalized spacial score (nSPS) is 9.57. The van der Waals surface area contributed by atoms with Gasteiger partial charge < -0.3 is 0 Å². The molecule has 8 nitrogen and oxygen atoms in total. The van der Waals surface area contributed by atoms with Crippen LogP contribution in [0.15, 0.2) is 0 Å². The van der Waals surface area contributed by atoms with E-state index in [-0.39, 0.29) is 0 Å². The van der Waals surface area contributed by atoms with Crippen molar-refractivity contribution in [3.63, 3.8) is 0 Å². The highest BCUT2D eigenvalue weighted by atomic mass is 16.7. The molecule has 0 saturated heterocycles. The van der Waals surface area contributed by atoms with Gasteiger partial charge in [0.15, 0.2) is 10.1 Å². The van der Waals surface area contributed by atoms with Crippen LogP contribution in [0.2, 0.25) is 0 Å². The molecule has 0 N–H and O–H groups in total. The molecule has 0 spiro atoms. The number of nitrogens with zero attached hydrogens (tertiary/aromatic N) is 4. The summed E-state index contributed by atoms with van der Waals surface area (Å²) >= 11 is 0. The maximum atomic E-state index is 10.1. The minimum Gasteiger partial charge on any atom is -0.235 e. The van der Waals surface area contributed by atoms with Crippen LogP contribution in [0, 0.1) is 20.2 Å². The second-order valence-electron chi connectivity index (χ2n) is 2.95. The molecule has 0 radical (unpaired) electrons. The first-order chi connectivity index (χ1) is 6.45. The van der Waals surface area contributed by atoms with Crippen LogP contribution < -0.4 is 0 Å². The van der Waals surface area contributed by atoms with Gasteiger partial charge in [0.1, 0.15) is 0 Å². The predicted molar refractivity (Wildman–Crippen MR) is 48.5 cm³/mol. The van der Waals surface area contributed by atoms with E-state index >= 15 is 0 Å². The van der Waals surface area contributed by atoms with Crippen LogP contribution in [-0.2, 0) is 0 Å². The molecule has 0 amide bonds. The lowest BCUT2D eigenvalue weighted by Gasteiger charge is -2.09. The summed E-state index contributed by atoms with van der Waals surface area (Å²) in [6.07, 6.45) is 1.13. The van der Waals surface area contributed by atoms with Crippen molar-refractivity contribution in [3.8, 4) is 0 Å². The van der Waals surface area contributed by atoms with E-state index < -0.39 is 10.1 Å². The van der Waals surface area contributed by atoms with Gasteiger partial charge in [0.05, 0.1) is 27.2 Å². The number of hydrazine groups is 2. The van der Waals surface area contributed by atoms with Crippen molar-refractivity contribution in [1.82, 2.24) is 10.0 Å². The van der Waals surface area contributed by atoms with Crippen molar-refractivity contribution in [2.75, 3.05) is 27.2 Å². The molecule has 82 valence electrons. The Morgan fingerprint density at radius 2 is 1.21 bits per heavy atom. The van der Waals surface area contributed by atoms with Crippen LogP contribution in [0.4, 0.5) is 0 Å². The number of hydrogen-bond donors (Lipinski definition) is 0. The Labute approximate surface area is 81.3 Å². The zero-order chi connectivity index (χ0) is 11.1. The van der Waals surface area contributed by atoms with Gasteiger partial charge in [-0.3, -0.25) is 0 Å². The van der Waals surface area contributed by atoms with Gasteiger partial charge in [-0.1, -0.05) is 0 Å². The van der Waals surface area contributed by atoms with Crippen LogP contribution in [0.1, 0.15) is 12.8 Å². The van der Waals surface area contributed by atoms with E-state index in [0.717, 1.165) is 10.0 Å². The third kappa shape index (κ3) is 5.12. The van der Waals surface area contributed by atoms with Crippen molar-refractivity contribution in [2.45, 2.75) is 12.8 Å². The number of nitro groups is 2. The van der Waals surface area contributed by atoms with Crippen molar-refractivity contribution in [2.24, 2.45) is 0 Å². The van der Waals surface area contributed by atoms with Crippen LogP contribution in [0.25, 0.3) is 0 Å². The molecule has 0 aromatic rings. The Bertz CT molecular complexity index is 188. The maximum Gasteiger partial charge on any atom is 0.159 e. The lowest BCUT2D eigenvalue weighted by molar-refractivity contribution is -0.651. The van der Waals surface area contributed by atoms with Gasteiger partial charge in [0.2, 0.25) is 0 Å². The Morgan fingerprint density at radius 1 is 0.929 bits per heavy atom. The van der Waals surface area contributed by atoms with E-state index in [1.54, 1.807) is 0 Å². The minimum atomic E-state index is -0.503. The molecule has 0 atom stereocenters. The molecule has 8 heteroatoms. The first-order valence-corrected chi connectivity index (χ1v) is 4.16. The molecule has 0 aliphatic carbocycles. The fraction of sp³-hybridized carbons (Fsp3) is 1.00. The van der Waals surface area contributed by atoms with Crippen LogP contribution in [0.3, 0.4) is 0 Å². The smallest absolute Gasteiger partial charge is 0.159 e. The average Bonchev–Trinajstić information content (AvgIpc) is 2.11. The van der Waals surface area contributed by atoms with Crippen LogP contribution >= 0.6 is 0 Å². The Morgan fingerprint density at radius 3 is 1.43 bits per heavy atom. The van der Waals surface area contributed by atoms with E-state index in [1.807, 2.05) is 0 Å². The summed E-state index contributed by atoms with van der Waals surface area (Å²) in [5.41, 5.74) is 0. The fourth-order valence-corrected chi connectivity index (χ4v) is 0.845. The molecule has 0 aliphatic rings. The lowest BCUT2D eigenvalue weighted by Crippen LogP contribution is -2.29. The average molecular weight is 206 g/mol. The zero-order valence-corrected chi connectivity index (χ0v) is 8.25. The Balaban J connectivity index is 3.47. The largest absolute Gasteiger partial charge is 0.235 e. The van der Waals surface area contributed by atoms with Gasteiger partial charge in [0, 0.05) is 0 Å². The van der Waals surface area contributed by atoms with Crippen molar-refractivity contribution < 1.29 is 10.1 Å². The quantitative estimate of drug-likeness (QED) is 0.331. The summed E-state index contributed by atoms with van der Waals surface area (Å²) in [7, 11) is 2.74. The fourth-order valence-electron chi connectivity index (χ4n) is 0.845. The van der Waals surface area contributed by atoms with Crippen LogP contribution in [0.5, 0.6) is 0 Å². The topological polar surface area (TPSA) is 92.8 Å². The SMILES string of the molecule is CN(CCCCN(C)[N+](=O)[O-])[N+](=O)[O-]. The molecule has 0 saturated carbocycles. The summed E-state index contributed by atoms with van der Waals surface area (Å²) in [4.78, 5) is 20.3. The second kappa shape index (κ2) is 5.95. The van der Waals surface area contributed by atoms with Crippen LogP contribution in [-0.4, -0.2) is 47.3 Å². The first kappa shape index (κ1) is 12.4. The zero-order valence-electron chi connectivity index (χ0n) is 8.25. The van der Waals surface area contributed by atoms with Crippen molar-refractivity contribution in [1.29, 1.82) is 0 Å². The molecule has 0 fully saturated rings. The monoisotopic (exact) mass is 206 g/mol. The van der Waals surface area contributed by atoms with Gasteiger partial charge in [-0.25, -0.2) is 20.2 Å². The molecule has 0 bridgehead atoms. The molecular formula is C6H14N4O4. The highest BCUT2D eigenvalue weighted by Crippen LogP contribution is 1.95. The van der Waals surface area contributed by atoms with Gasteiger partial charge >= 0.3 is 0 Å². The number of rotatable bonds is 7. The molecule has 0 unspecified atom stereocenters. The minimum absolute atomic E-state index is 0.304. The van der Waals surface area contributed by atoms with E-state index in [4.69, 9.17) is 0 Å². The number of hydrogen-bond acceptors (Lipinski definition) is 4. The molecule has 0 aliphatic heterocycles. The van der Waals surface area contributed by atoms with E-state index in [0.29, 0.717) is 25.9 Å². The summed E-state index contributed by atoms with van der Waals surface area (Å²) in [6.45, 7) is 0.608. The van der Waals surface area contributed by atoms with Gasteiger partial charge in [0.25, 0.3) is 0 Å². The molecule has 0 aromatic heterocycles. The summed E-state index contributed by atoms with van der Waals surface area (Å²) in [5, 5.41) is 21.2. The highest BCUT2D eigenvalue weighted by Gasteiger charge is 2.08. The standard InChI is InChI=1S/C6H14N4O4/c1-7(9(11)12)5-3-4-6-8(2)10(13)14/h3-6H2,1-2H3. The number of unbranched alkanes of at least 4 members (excludes halogenated alkanes) is 1. The second-order valence-corrected chi connectivity index (χ2v) is 2.95. The highest BCUT2D eigenvalue weighted by molar-refractivity contribution is 4.44. The van der Waals surface area contributed by atoms with E-state index in [2.05, 4.69) is 0 Å². The van der Waals surface area contributed by atoms with Gasteiger partial charge in [-0.2, -0.15) is 0 Å². The lowest BCUT2D eigenvalue weighted by atomic mass is 10.3. The van der Waals surface area contributed by atoms with E-state index in [1.165, 1.54) is 14.1 Å². The Hall–Kier alpha value is -1.60. The van der Waals surface area contributed by atoms with Gasteiger partial charge in [-0.15, -0.1) is 10.0 Å². The van der Waals surface area contributed by atoms with E-state index in [9.17, 15) is 20.2 Å². The molecule has 0 heterocycles. The molecular weight excluding hydrogens is 192 g/mol. The summed E-state index contributed by atoms with van der Waals surface area (Å²) < 4.78 is 0. The Kier molecular flexibility index (Phi) is 5.27. The van der Waals surface area contributed by atoms with Crippen molar-refractivity contribution in [3.05, 3.63) is 20.2 Å². The molecule has 14 heavy (non-hydrogen) atoms. The molecule has 0 rings (SSSR count). The summed E-state index contributed by atoms with van der Waals surface area (Å²) in [6, 6.07) is 0. The van der Waals surface area contributed by atoms with Gasteiger partial charge in [-0.05, 0) is 12.8 Å². The third-order valence-corrected chi connectivity index (χ3v) is 1.77. The third-order valence-electron chi connectivity index (χ3n) is 1.77. The first-order valence-electron chi connectivity index (χ1n) is 4.16. The predicted octanol–water partition coefficient (Wildman–Crippen LogP) is 0.0136. The molecule has 0 aromatic carbocycles. The summed E-state index contributed by atoms with van der Waals surface area (Å²) in [5.74, 6) is 0. The maximum absolute atomic E-state index is 10.1.